The van der Waals surface area contributed by atoms with E-state index >= 15 is 0 Å². The highest BCUT2D eigenvalue weighted by Crippen LogP contribution is 2.15. The lowest BCUT2D eigenvalue weighted by Gasteiger charge is -1.89. The van der Waals surface area contributed by atoms with Gasteiger partial charge in [-0.1, -0.05) is 11.8 Å². The van der Waals surface area contributed by atoms with Crippen LogP contribution in [-0.4, -0.2) is 5.12 Å². The lowest BCUT2D eigenvalue weighted by atomic mass is 10.5. The van der Waals surface area contributed by atoms with Crippen molar-refractivity contribution in [1.29, 1.82) is 0 Å². The van der Waals surface area contributed by atoms with Gasteiger partial charge in [0.15, 0.2) is 17.5 Å². The molecule has 10 heavy (non-hydrogen) atoms. The Labute approximate surface area is 63.7 Å². The summed E-state index contributed by atoms with van der Waals surface area (Å²) in [5.74, 6) is 0. The van der Waals surface area contributed by atoms with E-state index in [1.165, 1.54) is 11.8 Å². The minimum atomic E-state index is 0.117. The smallest absolute Gasteiger partial charge is 0.190 e. The number of carbonyl (C=O) groups excluding carboxylic acids is 1. The van der Waals surface area contributed by atoms with Crippen LogP contribution in [0.4, 0.5) is 0 Å². The van der Waals surface area contributed by atoms with Crippen molar-refractivity contribution in [3.05, 3.63) is 24.5 Å². The predicted octanol–water partition coefficient (Wildman–Crippen LogP) is 1.14. The normalized spacial score (nSPS) is 9.30. The van der Waals surface area contributed by atoms with Crippen LogP contribution in [0.3, 0.4) is 0 Å². The van der Waals surface area contributed by atoms with E-state index in [2.05, 4.69) is 4.98 Å². The van der Waals surface area contributed by atoms with E-state index in [0.29, 0.717) is 0 Å². The molecule has 0 amide bonds. The predicted molar refractivity (Wildman–Crippen MR) is 39.5 cm³/mol. The second-order valence-corrected chi connectivity index (χ2v) is 3.08. The summed E-state index contributed by atoms with van der Waals surface area (Å²) in [6.45, 7) is 1.56. The molecular weight excluding hydrogens is 146 g/mol. The topological polar surface area (TPSA) is 31.2 Å². The van der Waals surface area contributed by atoms with Gasteiger partial charge in [0.25, 0.3) is 0 Å². The number of aromatic amines is 1. The van der Waals surface area contributed by atoms with Crippen molar-refractivity contribution in [2.75, 3.05) is 0 Å². The molecule has 1 aromatic rings. The molecule has 1 N–H and O–H groups in total. The van der Waals surface area contributed by atoms with E-state index in [9.17, 15) is 4.79 Å². The second-order valence-electron chi connectivity index (χ2n) is 1.83. The second kappa shape index (κ2) is 3.37. The van der Waals surface area contributed by atoms with Crippen molar-refractivity contribution in [1.82, 2.24) is 0 Å². The number of aromatic nitrogens is 1. The number of pyridine rings is 1. The number of rotatable bonds is 1. The Morgan fingerprint density at radius 2 is 2.10 bits per heavy atom. The van der Waals surface area contributed by atoms with Crippen LogP contribution in [0, 0.1) is 0 Å². The maximum absolute atomic E-state index is 10.6. The molecule has 0 radical (unpaired) electrons. The van der Waals surface area contributed by atoms with Gasteiger partial charge in [0.2, 0.25) is 0 Å². The van der Waals surface area contributed by atoms with Gasteiger partial charge >= 0.3 is 0 Å². The molecule has 0 saturated heterocycles. The zero-order valence-corrected chi connectivity index (χ0v) is 6.44. The third-order valence-electron chi connectivity index (χ3n) is 0.949. The van der Waals surface area contributed by atoms with Crippen LogP contribution in [0.5, 0.6) is 0 Å². The molecule has 1 aromatic heterocycles. The van der Waals surface area contributed by atoms with E-state index in [-0.39, 0.29) is 5.12 Å². The fourth-order valence-corrected chi connectivity index (χ4v) is 1.21. The summed E-state index contributed by atoms with van der Waals surface area (Å²) < 4.78 is 0. The van der Waals surface area contributed by atoms with E-state index < -0.39 is 0 Å². The number of thioether (sulfide) groups is 1. The molecule has 1 rings (SSSR count). The molecule has 0 spiro atoms. The molecule has 0 aliphatic rings. The molecule has 0 aliphatic heterocycles. The molecule has 0 bridgehead atoms. The fraction of sp³-hybridized carbons (Fsp3) is 0.143. The number of nitrogens with one attached hydrogen (secondary N) is 1. The van der Waals surface area contributed by atoms with Gasteiger partial charge in [0, 0.05) is 24.0 Å². The van der Waals surface area contributed by atoms with Crippen LogP contribution in [0.1, 0.15) is 6.92 Å². The zero-order chi connectivity index (χ0) is 7.40. The average Bonchev–Trinajstić information content (AvgIpc) is 1.88. The quantitative estimate of drug-likeness (QED) is 0.568. The Kier molecular flexibility index (Phi) is 2.45. The summed E-state index contributed by atoms with van der Waals surface area (Å²) in [6, 6.07) is 3.73. The Morgan fingerprint density at radius 3 is 2.60 bits per heavy atom. The first-order valence-electron chi connectivity index (χ1n) is 2.93. The Morgan fingerprint density at radius 1 is 1.50 bits per heavy atom. The van der Waals surface area contributed by atoms with Gasteiger partial charge in [0.1, 0.15) is 0 Å². The van der Waals surface area contributed by atoms with Crippen LogP contribution >= 0.6 is 11.8 Å². The summed E-state index contributed by atoms with van der Waals surface area (Å²) in [4.78, 5) is 14.4. The van der Waals surface area contributed by atoms with Crippen molar-refractivity contribution in [2.45, 2.75) is 11.8 Å². The van der Waals surface area contributed by atoms with Gasteiger partial charge in [-0.25, -0.2) is 4.98 Å². The molecule has 52 valence electrons. The zero-order valence-electron chi connectivity index (χ0n) is 5.63. The third kappa shape index (κ3) is 2.19. The first-order valence-corrected chi connectivity index (χ1v) is 3.75. The van der Waals surface area contributed by atoms with E-state index in [0.717, 1.165) is 4.90 Å². The minimum absolute atomic E-state index is 0.117. The summed E-state index contributed by atoms with van der Waals surface area (Å²) in [7, 11) is 0. The molecule has 0 saturated carbocycles. The van der Waals surface area contributed by atoms with Crippen LogP contribution in [0.2, 0.25) is 0 Å². The summed E-state index contributed by atoms with van der Waals surface area (Å²) >= 11 is 1.24. The molecule has 3 heteroatoms. The van der Waals surface area contributed by atoms with Crippen LogP contribution in [0.15, 0.2) is 29.4 Å². The molecule has 0 unspecified atom stereocenters. The van der Waals surface area contributed by atoms with Crippen molar-refractivity contribution in [3.63, 3.8) is 0 Å². The largest absolute Gasteiger partial charge is 0.287 e. The SMILES string of the molecule is CC(=O)Sc1cc[nH+]cc1. The molecule has 1 heterocycles. The lowest BCUT2D eigenvalue weighted by Crippen LogP contribution is -1.96. The van der Waals surface area contributed by atoms with Gasteiger partial charge in [-0.15, -0.1) is 0 Å². The van der Waals surface area contributed by atoms with Crippen molar-refractivity contribution < 1.29 is 9.78 Å². The highest BCUT2D eigenvalue weighted by molar-refractivity contribution is 8.13. The van der Waals surface area contributed by atoms with Crippen molar-refractivity contribution in [3.8, 4) is 0 Å². The molecule has 0 fully saturated rings. The Hall–Kier alpha value is -0.830. The van der Waals surface area contributed by atoms with Crippen LogP contribution in [0.25, 0.3) is 0 Å². The van der Waals surface area contributed by atoms with Gasteiger partial charge in [-0.05, 0) is 0 Å². The monoisotopic (exact) mass is 154 g/mol. The third-order valence-corrected chi connectivity index (χ3v) is 1.74. The van der Waals surface area contributed by atoms with E-state index in [1.54, 1.807) is 19.3 Å². The number of hydrogen-bond acceptors (Lipinski definition) is 2. The first-order chi connectivity index (χ1) is 4.79. The van der Waals surface area contributed by atoms with Crippen LogP contribution < -0.4 is 4.98 Å². The molecular formula is C7H8NOS+. The molecule has 0 atom stereocenters. The molecule has 2 nitrogen and oxygen atoms in total. The number of hydrogen-bond donors (Lipinski definition) is 0. The summed E-state index contributed by atoms with van der Waals surface area (Å²) in [5.41, 5.74) is 0. The van der Waals surface area contributed by atoms with Crippen molar-refractivity contribution >= 4 is 16.9 Å². The van der Waals surface area contributed by atoms with E-state index in [4.69, 9.17) is 0 Å². The van der Waals surface area contributed by atoms with Crippen LogP contribution in [-0.2, 0) is 4.79 Å². The number of H-pyrrole nitrogens is 1. The Balaban J connectivity index is 2.67. The van der Waals surface area contributed by atoms with Gasteiger partial charge in [-0.2, -0.15) is 0 Å². The first kappa shape index (κ1) is 7.28. The standard InChI is InChI=1S/C7H7NOS/c1-6(9)10-7-2-4-8-5-3-7/h2-5H,1H3/p+1. The highest BCUT2D eigenvalue weighted by Gasteiger charge is 1.96. The van der Waals surface area contributed by atoms with Gasteiger partial charge < -0.3 is 0 Å². The molecule has 0 aliphatic carbocycles. The van der Waals surface area contributed by atoms with Gasteiger partial charge in [0.05, 0.1) is 0 Å². The maximum atomic E-state index is 10.6. The lowest BCUT2D eigenvalue weighted by molar-refractivity contribution is -0.378. The minimum Gasteiger partial charge on any atom is -0.287 e. The number of carbonyl (C=O) groups is 1. The molecule has 0 aromatic carbocycles. The maximum Gasteiger partial charge on any atom is 0.190 e. The highest BCUT2D eigenvalue weighted by atomic mass is 32.2. The average molecular weight is 154 g/mol. The van der Waals surface area contributed by atoms with E-state index in [1.807, 2.05) is 12.1 Å². The summed E-state index contributed by atoms with van der Waals surface area (Å²) in [6.07, 6.45) is 3.59. The summed E-state index contributed by atoms with van der Waals surface area (Å²) in [5, 5.41) is 0.117. The van der Waals surface area contributed by atoms with Crippen molar-refractivity contribution in [2.24, 2.45) is 0 Å². The fourth-order valence-electron chi connectivity index (χ4n) is 0.606. The Bertz CT molecular complexity index is 222. The van der Waals surface area contributed by atoms with Gasteiger partial charge in [-0.3, -0.25) is 4.79 Å².